The molecule has 0 radical (unpaired) electrons. The van der Waals surface area contributed by atoms with Gasteiger partial charge in [-0.3, -0.25) is 0 Å². The van der Waals surface area contributed by atoms with E-state index in [4.69, 9.17) is 18.3 Å². The van der Waals surface area contributed by atoms with Gasteiger partial charge in [0.05, 0.1) is 25.9 Å². The van der Waals surface area contributed by atoms with Gasteiger partial charge >= 0.3 is 5.63 Å². The Labute approximate surface area is 166 Å². The molecule has 0 N–H and O–H groups in total. The first kappa shape index (κ1) is 17.4. The fourth-order valence-corrected chi connectivity index (χ4v) is 3.84. The van der Waals surface area contributed by atoms with Crippen LogP contribution in [0, 0.1) is 6.92 Å². The summed E-state index contributed by atoms with van der Waals surface area (Å²) in [7, 11) is 3.22. The van der Waals surface area contributed by atoms with Crippen molar-refractivity contribution in [3.05, 3.63) is 70.8 Å². The monoisotopic (exact) mass is 386 g/mol. The third-order valence-electron chi connectivity index (χ3n) is 5.38. The lowest BCUT2D eigenvalue weighted by Crippen LogP contribution is -2.01. The Hall–Kier alpha value is -3.73. The Bertz CT molecular complexity index is 1440. The molecule has 0 aliphatic carbocycles. The second-order valence-electron chi connectivity index (χ2n) is 6.93. The predicted molar refractivity (Wildman–Crippen MR) is 113 cm³/mol. The molecule has 0 aliphatic heterocycles. The van der Waals surface area contributed by atoms with E-state index in [2.05, 4.69) is 0 Å². The van der Waals surface area contributed by atoms with Gasteiger partial charge in [-0.25, -0.2) is 4.79 Å². The van der Waals surface area contributed by atoms with Gasteiger partial charge in [0.2, 0.25) is 0 Å². The van der Waals surface area contributed by atoms with Gasteiger partial charge in [0.25, 0.3) is 0 Å². The summed E-state index contributed by atoms with van der Waals surface area (Å²) in [6, 6.07) is 15.3. The molecule has 5 aromatic rings. The zero-order valence-electron chi connectivity index (χ0n) is 16.2. The number of fused-ring (bicyclic) bond motifs is 4. The van der Waals surface area contributed by atoms with Gasteiger partial charge in [-0.2, -0.15) is 0 Å². The molecule has 0 saturated carbocycles. The van der Waals surface area contributed by atoms with Gasteiger partial charge in [-0.05, 0) is 48.9 Å². The van der Waals surface area contributed by atoms with Gasteiger partial charge in [0.1, 0.15) is 22.7 Å². The minimum atomic E-state index is -0.393. The maximum atomic E-state index is 12.6. The summed E-state index contributed by atoms with van der Waals surface area (Å²) in [5.41, 5.74) is 3.64. The summed E-state index contributed by atoms with van der Waals surface area (Å²) >= 11 is 0. The van der Waals surface area contributed by atoms with Crippen LogP contribution in [0.25, 0.3) is 43.8 Å². The third-order valence-corrected chi connectivity index (χ3v) is 5.38. The fraction of sp³-hybridized carbons (Fsp3) is 0.125. The number of benzene rings is 3. The Morgan fingerprint density at radius 3 is 2.21 bits per heavy atom. The lowest BCUT2D eigenvalue weighted by molar-refractivity contribution is 0.415. The number of hydrogen-bond donors (Lipinski definition) is 0. The summed E-state index contributed by atoms with van der Waals surface area (Å²) in [6.07, 6.45) is 1.74. The van der Waals surface area contributed by atoms with Crippen LogP contribution in [0.15, 0.2) is 68.4 Å². The topological polar surface area (TPSA) is 61.8 Å². The van der Waals surface area contributed by atoms with Crippen LogP contribution in [0.3, 0.4) is 0 Å². The molecule has 0 atom stereocenters. The first-order chi connectivity index (χ1) is 14.1. The first-order valence-electron chi connectivity index (χ1n) is 9.20. The zero-order valence-corrected chi connectivity index (χ0v) is 16.2. The van der Waals surface area contributed by atoms with Crippen LogP contribution in [0.2, 0.25) is 0 Å². The molecule has 2 aromatic heterocycles. The van der Waals surface area contributed by atoms with E-state index in [1.54, 1.807) is 26.5 Å². The van der Waals surface area contributed by atoms with Crippen LogP contribution in [-0.4, -0.2) is 14.2 Å². The fourth-order valence-electron chi connectivity index (χ4n) is 3.84. The van der Waals surface area contributed by atoms with E-state index in [0.717, 1.165) is 38.6 Å². The molecule has 5 nitrogen and oxygen atoms in total. The summed E-state index contributed by atoms with van der Waals surface area (Å²) in [5.74, 6) is 1.41. The molecule has 0 fully saturated rings. The standard InChI is InChI=1S/C24H18O5/c1-13-22-19(21(12-28-22)14-4-6-15(26-2)7-5-14)11-18-17-9-8-16(27-3)10-20(17)24(25)29-23(13)18/h4-12H,1-3H3. The second-order valence-corrected chi connectivity index (χ2v) is 6.93. The summed E-state index contributed by atoms with van der Waals surface area (Å²) in [6.45, 7) is 1.91. The smallest absolute Gasteiger partial charge is 0.344 e. The molecular formula is C24H18O5. The van der Waals surface area contributed by atoms with Crippen molar-refractivity contribution in [1.29, 1.82) is 0 Å². The van der Waals surface area contributed by atoms with Gasteiger partial charge < -0.3 is 18.3 Å². The van der Waals surface area contributed by atoms with Crippen molar-refractivity contribution in [3.8, 4) is 22.6 Å². The summed E-state index contributed by atoms with van der Waals surface area (Å²) < 4.78 is 22.1. The minimum Gasteiger partial charge on any atom is -0.497 e. The molecule has 2 heterocycles. The van der Waals surface area contributed by atoms with E-state index in [1.165, 1.54) is 0 Å². The lowest BCUT2D eigenvalue weighted by atomic mass is 9.98. The molecule has 0 amide bonds. The largest absolute Gasteiger partial charge is 0.497 e. The van der Waals surface area contributed by atoms with E-state index in [9.17, 15) is 4.79 Å². The van der Waals surface area contributed by atoms with Crippen molar-refractivity contribution < 1.29 is 18.3 Å². The van der Waals surface area contributed by atoms with Crippen LogP contribution in [0.4, 0.5) is 0 Å². The van der Waals surface area contributed by atoms with Gasteiger partial charge in [-0.1, -0.05) is 12.1 Å². The average molecular weight is 386 g/mol. The van der Waals surface area contributed by atoms with Crippen LogP contribution >= 0.6 is 0 Å². The van der Waals surface area contributed by atoms with Crippen molar-refractivity contribution in [2.24, 2.45) is 0 Å². The highest BCUT2D eigenvalue weighted by Crippen LogP contribution is 2.38. The van der Waals surface area contributed by atoms with E-state index in [1.807, 2.05) is 49.4 Å². The minimum absolute atomic E-state index is 0.393. The first-order valence-corrected chi connectivity index (χ1v) is 9.20. The molecule has 3 aromatic carbocycles. The van der Waals surface area contributed by atoms with E-state index in [-0.39, 0.29) is 0 Å². The van der Waals surface area contributed by atoms with Crippen molar-refractivity contribution >= 4 is 32.7 Å². The highest BCUT2D eigenvalue weighted by atomic mass is 16.5. The van der Waals surface area contributed by atoms with Crippen LogP contribution < -0.4 is 15.1 Å². The van der Waals surface area contributed by atoms with Crippen molar-refractivity contribution in [1.82, 2.24) is 0 Å². The van der Waals surface area contributed by atoms with Crippen molar-refractivity contribution in [3.63, 3.8) is 0 Å². The number of rotatable bonds is 3. The molecule has 0 spiro atoms. The molecule has 5 rings (SSSR count). The Kier molecular flexibility index (Phi) is 3.84. The molecule has 0 saturated heterocycles. The number of aryl methyl sites for hydroxylation is 1. The van der Waals surface area contributed by atoms with Crippen LogP contribution in [0.1, 0.15) is 5.56 Å². The van der Waals surface area contributed by atoms with Gasteiger partial charge in [-0.15, -0.1) is 0 Å². The average Bonchev–Trinajstić information content (AvgIpc) is 3.19. The SMILES string of the molecule is COc1ccc(-c2coc3c(C)c4oc(=O)c5cc(OC)ccc5c4cc23)cc1. The molecule has 0 unspecified atom stereocenters. The van der Waals surface area contributed by atoms with Crippen LogP contribution in [0.5, 0.6) is 11.5 Å². The van der Waals surface area contributed by atoms with Crippen LogP contribution in [-0.2, 0) is 0 Å². The van der Waals surface area contributed by atoms with Crippen molar-refractivity contribution in [2.75, 3.05) is 14.2 Å². The van der Waals surface area contributed by atoms with E-state index < -0.39 is 5.63 Å². The molecule has 0 bridgehead atoms. The van der Waals surface area contributed by atoms with Crippen molar-refractivity contribution in [2.45, 2.75) is 6.92 Å². The van der Waals surface area contributed by atoms with Gasteiger partial charge in [0, 0.05) is 27.3 Å². The molecule has 5 heteroatoms. The highest BCUT2D eigenvalue weighted by molar-refractivity contribution is 6.12. The number of hydrogen-bond acceptors (Lipinski definition) is 5. The Morgan fingerprint density at radius 1 is 0.759 bits per heavy atom. The second kappa shape index (κ2) is 6.41. The summed E-state index contributed by atoms with van der Waals surface area (Å²) in [5, 5.41) is 3.14. The third kappa shape index (κ3) is 2.58. The Morgan fingerprint density at radius 2 is 1.48 bits per heavy atom. The Balaban J connectivity index is 1.85. The van der Waals surface area contributed by atoms with E-state index in [0.29, 0.717) is 22.3 Å². The predicted octanol–water partition coefficient (Wildman–Crippen LogP) is 5.69. The van der Waals surface area contributed by atoms with E-state index >= 15 is 0 Å². The normalized spacial score (nSPS) is 11.4. The maximum absolute atomic E-state index is 12.6. The number of ether oxygens (including phenoxy) is 2. The number of furan rings is 1. The molecular weight excluding hydrogens is 368 g/mol. The maximum Gasteiger partial charge on any atom is 0.344 e. The zero-order chi connectivity index (χ0) is 20.1. The molecule has 0 aliphatic rings. The van der Waals surface area contributed by atoms with Gasteiger partial charge in [0.15, 0.2) is 0 Å². The lowest BCUT2D eigenvalue weighted by Gasteiger charge is -2.08. The highest BCUT2D eigenvalue weighted by Gasteiger charge is 2.17. The quantitative estimate of drug-likeness (QED) is 0.295. The number of methoxy groups -OCH3 is 2. The summed E-state index contributed by atoms with van der Waals surface area (Å²) in [4.78, 5) is 12.6. The molecule has 29 heavy (non-hydrogen) atoms. The molecule has 144 valence electrons.